The van der Waals surface area contributed by atoms with Crippen LogP contribution in [0.25, 0.3) is 0 Å². The highest BCUT2D eigenvalue weighted by molar-refractivity contribution is 6.18. The Labute approximate surface area is 97.6 Å². The van der Waals surface area contributed by atoms with Gasteiger partial charge in [-0.05, 0) is 12.8 Å². The van der Waals surface area contributed by atoms with Crippen molar-refractivity contribution in [2.24, 2.45) is 0 Å². The van der Waals surface area contributed by atoms with Crippen LogP contribution in [-0.2, 0) is 14.2 Å². The van der Waals surface area contributed by atoms with Crippen LogP contribution in [0.5, 0.6) is 0 Å². The number of rotatable bonds is 6. The molecule has 5 nitrogen and oxygen atoms in total. The van der Waals surface area contributed by atoms with E-state index in [0.717, 1.165) is 0 Å². The van der Waals surface area contributed by atoms with E-state index in [4.69, 9.17) is 23.2 Å². The van der Waals surface area contributed by atoms with Gasteiger partial charge in [-0.2, -0.15) is 0 Å². The number of halogens is 2. The number of ether oxygens (including phenoxy) is 3. The van der Waals surface area contributed by atoms with Crippen molar-refractivity contribution in [2.75, 3.05) is 25.0 Å². The summed E-state index contributed by atoms with van der Waals surface area (Å²) in [6, 6.07) is 0. The van der Waals surface area contributed by atoms with Gasteiger partial charge in [0.1, 0.15) is 0 Å². The molecule has 0 bridgehead atoms. The maximum absolute atomic E-state index is 10.7. The monoisotopic (exact) mass is 258 g/mol. The molecule has 0 aromatic heterocycles. The summed E-state index contributed by atoms with van der Waals surface area (Å²) in [7, 11) is 0. The van der Waals surface area contributed by atoms with Crippen molar-refractivity contribution < 1.29 is 23.8 Å². The number of carbonyl (C=O) groups is 2. The highest BCUT2D eigenvalue weighted by Gasteiger charge is 2.12. The van der Waals surface area contributed by atoms with E-state index in [1.807, 2.05) is 0 Å². The molecule has 88 valence electrons. The lowest BCUT2D eigenvalue weighted by atomic mass is 10.5. The van der Waals surface area contributed by atoms with Gasteiger partial charge in [-0.15, -0.1) is 23.2 Å². The van der Waals surface area contributed by atoms with Gasteiger partial charge in [-0.3, -0.25) is 0 Å². The zero-order valence-electron chi connectivity index (χ0n) is 8.04. The Hall–Kier alpha value is -0.680. The van der Waals surface area contributed by atoms with Crippen molar-refractivity contribution in [1.29, 1.82) is 0 Å². The summed E-state index contributed by atoms with van der Waals surface area (Å²) >= 11 is 10.7. The molecule has 0 unspecified atom stereocenters. The molecule has 0 spiro atoms. The van der Waals surface area contributed by atoms with Gasteiger partial charge in [0.2, 0.25) is 0 Å². The highest BCUT2D eigenvalue weighted by Crippen LogP contribution is 1.94. The Balaban J connectivity index is 3.45. The number of alkyl halides is 2. The minimum atomic E-state index is -1.09. The first-order chi connectivity index (χ1) is 7.20. The molecule has 0 aliphatic rings. The van der Waals surface area contributed by atoms with Crippen LogP contribution >= 0.6 is 23.2 Å². The van der Waals surface area contributed by atoms with Crippen LogP contribution in [0.2, 0.25) is 0 Å². The maximum atomic E-state index is 10.7. The molecule has 0 aliphatic carbocycles. The highest BCUT2D eigenvalue weighted by atomic mass is 35.5. The molecule has 0 N–H and O–H groups in total. The molecule has 0 atom stereocenters. The van der Waals surface area contributed by atoms with Crippen LogP contribution in [0.3, 0.4) is 0 Å². The fourth-order valence-corrected chi connectivity index (χ4v) is 0.765. The zero-order valence-corrected chi connectivity index (χ0v) is 9.55. The predicted octanol–water partition coefficient (Wildman–Crippen LogP) is 2.53. The smallest absolute Gasteiger partial charge is 0.434 e. The second kappa shape index (κ2) is 9.86. The molecule has 0 saturated heterocycles. The molecule has 0 aromatic rings. The van der Waals surface area contributed by atoms with Crippen LogP contribution in [0.15, 0.2) is 0 Å². The zero-order chi connectivity index (χ0) is 11.5. The molecular formula is C8H12Cl2O5. The van der Waals surface area contributed by atoms with Crippen LogP contribution in [0.4, 0.5) is 9.59 Å². The summed E-state index contributed by atoms with van der Waals surface area (Å²) in [5, 5.41) is 0. The normalized spacial score (nSPS) is 9.47. The molecule has 0 aliphatic heterocycles. The summed E-state index contributed by atoms with van der Waals surface area (Å²) in [5.74, 6) is 0.737. The van der Waals surface area contributed by atoms with Gasteiger partial charge in [-0.25, -0.2) is 9.59 Å². The standard InChI is InChI=1S/C8H12Cl2O5/c9-3-1-5-13-7(11)15-8(12)14-6-2-4-10/h1-6H2. The van der Waals surface area contributed by atoms with Crippen LogP contribution < -0.4 is 0 Å². The summed E-state index contributed by atoms with van der Waals surface area (Å²) in [6.07, 6.45) is -1.18. The van der Waals surface area contributed by atoms with Crippen molar-refractivity contribution in [2.45, 2.75) is 12.8 Å². The maximum Gasteiger partial charge on any atom is 0.518 e. The number of hydrogen-bond donors (Lipinski definition) is 0. The van der Waals surface area contributed by atoms with Crippen molar-refractivity contribution in [1.82, 2.24) is 0 Å². The molecule has 7 heteroatoms. The van der Waals surface area contributed by atoms with Crippen molar-refractivity contribution >= 4 is 35.5 Å². The number of hydrogen-bond acceptors (Lipinski definition) is 5. The van der Waals surface area contributed by atoms with Gasteiger partial charge >= 0.3 is 12.3 Å². The van der Waals surface area contributed by atoms with E-state index in [9.17, 15) is 9.59 Å². The van der Waals surface area contributed by atoms with E-state index in [2.05, 4.69) is 14.2 Å². The fourth-order valence-electron chi connectivity index (χ4n) is 0.547. The first kappa shape index (κ1) is 14.3. The second-order valence-electron chi connectivity index (χ2n) is 2.38. The molecule has 0 aromatic carbocycles. The van der Waals surface area contributed by atoms with Crippen molar-refractivity contribution in [3.63, 3.8) is 0 Å². The van der Waals surface area contributed by atoms with Gasteiger partial charge < -0.3 is 14.2 Å². The van der Waals surface area contributed by atoms with Crippen molar-refractivity contribution in [3.8, 4) is 0 Å². The largest absolute Gasteiger partial charge is 0.518 e. The molecule has 15 heavy (non-hydrogen) atoms. The average molecular weight is 259 g/mol. The van der Waals surface area contributed by atoms with E-state index in [-0.39, 0.29) is 13.2 Å². The third kappa shape index (κ3) is 9.62. The van der Waals surface area contributed by atoms with Gasteiger partial charge in [0.25, 0.3) is 0 Å². The Bertz CT molecular complexity index is 177. The summed E-state index contributed by atoms with van der Waals surface area (Å²) in [6.45, 7) is 0.217. The number of carbonyl (C=O) groups excluding carboxylic acids is 2. The minimum absolute atomic E-state index is 0.108. The molecule has 0 fully saturated rings. The third-order valence-electron chi connectivity index (χ3n) is 1.16. The Morgan fingerprint density at radius 2 is 1.27 bits per heavy atom. The lowest BCUT2D eigenvalue weighted by Crippen LogP contribution is -2.16. The van der Waals surface area contributed by atoms with E-state index < -0.39 is 12.3 Å². The van der Waals surface area contributed by atoms with E-state index >= 15 is 0 Å². The Morgan fingerprint density at radius 1 is 0.867 bits per heavy atom. The first-order valence-electron chi connectivity index (χ1n) is 4.34. The molecular weight excluding hydrogens is 247 g/mol. The quantitative estimate of drug-likeness (QED) is 0.317. The lowest BCUT2D eigenvalue weighted by Gasteiger charge is -2.04. The van der Waals surface area contributed by atoms with E-state index in [1.165, 1.54) is 0 Å². The van der Waals surface area contributed by atoms with Crippen LogP contribution in [0, 0.1) is 0 Å². The SMILES string of the molecule is O=C(OCCCCl)OC(=O)OCCCCl. The van der Waals surface area contributed by atoms with Gasteiger partial charge in [0.15, 0.2) is 0 Å². The molecule has 0 rings (SSSR count). The topological polar surface area (TPSA) is 61.8 Å². The van der Waals surface area contributed by atoms with Gasteiger partial charge in [-0.1, -0.05) is 0 Å². The molecule has 0 radical (unpaired) electrons. The van der Waals surface area contributed by atoms with E-state index in [1.54, 1.807) is 0 Å². The van der Waals surface area contributed by atoms with Gasteiger partial charge in [0.05, 0.1) is 13.2 Å². The second-order valence-corrected chi connectivity index (χ2v) is 3.14. The summed E-state index contributed by atoms with van der Waals surface area (Å²) < 4.78 is 13.1. The summed E-state index contributed by atoms with van der Waals surface area (Å²) in [5.41, 5.74) is 0. The summed E-state index contributed by atoms with van der Waals surface area (Å²) in [4.78, 5) is 21.5. The molecule has 0 saturated carbocycles. The van der Waals surface area contributed by atoms with Crippen molar-refractivity contribution in [3.05, 3.63) is 0 Å². The van der Waals surface area contributed by atoms with Gasteiger partial charge in [0, 0.05) is 11.8 Å². The molecule has 0 heterocycles. The predicted molar refractivity (Wildman–Crippen MR) is 54.5 cm³/mol. The van der Waals surface area contributed by atoms with E-state index in [0.29, 0.717) is 24.6 Å². The van der Waals surface area contributed by atoms with Crippen LogP contribution in [-0.4, -0.2) is 37.3 Å². The minimum Gasteiger partial charge on any atom is -0.434 e. The third-order valence-corrected chi connectivity index (χ3v) is 1.70. The Kier molecular flexibility index (Phi) is 9.41. The van der Waals surface area contributed by atoms with Crippen LogP contribution in [0.1, 0.15) is 12.8 Å². The first-order valence-corrected chi connectivity index (χ1v) is 5.41. The Morgan fingerprint density at radius 3 is 1.60 bits per heavy atom. The average Bonchev–Trinajstić information content (AvgIpc) is 2.18. The molecule has 0 amide bonds. The lowest BCUT2D eigenvalue weighted by molar-refractivity contribution is 0.0369. The fraction of sp³-hybridized carbons (Fsp3) is 0.750.